The summed E-state index contributed by atoms with van der Waals surface area (Å²) in [6, 6.07) is 17.5. The van der Waals surface area contributed by atoms with Crippen LogP contribution in [0, 0.1) is 6.92 Å². The summed E-state index contributed by atoms with van der Waals surface area (Å²) in [6.45, 7) is 8.19. The quantitative estimate of drug-likeness (QED) is 0.777. The smallest absolute Gasteiger partial charge is 0.242 e. The Morgan fingerprint density at radius 3 is 2.15 bits per heavy atom. The van der Waals surface area contributed by atoms with Crippen molar-refractivity contribution in [1.82, 2.24) is 10.2 Å². The molecule has 0 aliphatic carbocycles. The largest absolute Gasteiger partial charge is 0.352 e. The number of nitrogens with one attached hydrogen (secondary N) is 1. The van der Waals surface area contributed by atoms with E-state index >= 15 is 0 Å². The average molecular weight is 367 g/mol. The molecular weight excluding hydrogens is 336 g/mol. The van der Waals surface area contributed by atoms with Crippen LogP contribution in [0.4, 0.5) is 0 Å². The van der Waals surface area contributed by atoms with Gasteiger partial charge in [0.05, 0.1) is 6.42 Å². The van der Waals surface area contributed by atoms with Crippen LogP contribution >= 0.6 is 0 Å². The molecule has 2 aromatic carbocycles. The molecule has 0 bridgehead atoms. The van der Waals surface area contributed by atoms with Crippen molar-refractivity contribution >= 4 is 11.8 Å². The first-order chi connectivity index (χ1) is 12.9. The number of amides is 2. The number of rotatable bonds is 8. The van der Waals surface area contributed by atoms with Crippen LogP contribution in [0.5, 0.6) is 0 Å². The summed E-state index contributed by atoms with van der Waals surface area (Å²) in [5.74, 6) is -0.142. The van der Waals surface area contributed by atoms with Crippen LogP contribution in [0.1, 0.15) is 37.5 Å². The molecule has 0 saturated heterocycles. The molecule has 0 unspecified atom stereocenters. The van der Waals surface area contributed by atoms with Crippen LogP contribution in [-0.4, -0.2) is 35.3 Å². The van der Waals surface area contributed by atoms with Crippen molar-refractivity contribution in [1.29, 1.82) is 0 Å². The van der Waals surface area contributed by atoms with E-state index in [9.17, 15) is 9.59 Å². The van der Waals surface area contributed by atoms with E-state index in [0.29, 0.717) is 13.0 Å². The molecule has 0 aliphatic rings. The minimum absolute atomic E-state index is 0.0267. The van der Waals surface area contributed by atoms with Gasteiger partial charge in [-0.3, -0.25) is 9.59 Å². The molecule has 1 N–H and O–H groups in total. The zero-order valence-electron chi connectivity index (χ0n) is 16.7. The Balaban J connectivity index is 2.12. The van der Waals surface area contributed by atoms with Gasteiger partial charge in [-0.25, -0.2) is 0 Å². The van der Waals surface area contributed by atoms with Crippen LogP contribution in [0.25, 0.3) is 0 Å². The summed E-state index contributed by atoms with van der Waals surface area (Å²) in [7, 11) is 0. The van der Waals surface area contributed by atoms with Gasteiger partial charge in [0.2, 0.25) is 11.8 Å². The van der Waals surface area contributed by atoms with E-state index in [1.807, 2.05) is 75.4 Å². The van der Waals surface area contributed by atoms with Crippen LogP contribution in [-0.2, 0) is 22.4 Å². The molecule has 0 saturated carbocycles. The van der Waals surface area contributed by atoms with Crippen molar-refractivity contribution in [3.63, 3.8) is 0 Å². The first-order valence-electron chi connectivity index (χ1n) is 9.56. The summed E-state index contributed by atoms with van der Waals surface area (Å²) in [5.41, 5.74) is 3.28. The second kappa shape index (κ2) is 9.91. The van der Waals surface area contributed by atoms with E-state index in [1.165, 1.54) is 0 Å². The van der Waals surface area contributed by atoms with E-state index in [4.69, 9.17) is 0 Å². The minimum Gasteiger partial charge on any atom is -0.352 e. The number of benzene rings is 2. The highest BCUT2D eigenvalue weighted by molar-refractivity contribution is 5.88. The normalized spacial score (nSPS) is 11.9. The van der Waals surface area contributed by atoms with Gasteiger partial charge in [-0.15, -0.1) is 0 Å². The minimum atomic E-state index is -0.505. The summed E-state index contributed by atoms with van der Waals surface area (Å²) in [4.78, 5) is 27.2. The van der Waals surface area contributed by atoms with Gasteiger partial charge in [-0.05, 0) is 45.2 Å². The molecule has 0 aliphatic heterocycles. The van der Waals surface area contributed by atoms with Crippen molar-refractivity contribution in [3.8, 4) is 0 Å². The summed E-state index contributed by atoms with van der Waals surface area (Å²) in [5, 5.41) is 2.91. The highest BCUT2D eigenvalue weighted by atomic mass is 16.2. The maximum absolute atomic E-state index is 13.0. The lowest BCUT2D eigenvalue weighted by Crippen LogP contribution is -2.50. The zero-order chi connectivity index (χ0) is 19.8. The predicted molar refractivity (Wildman–Crippen MR) is 109 cm³/mol. The number of carbonyl (C=O) groups is 2. The molecule has 0 heterocycles. The molecule has 2 aromatic rings. The Labute approximate surface area is 162 Å². The highest BCUT2D eigenvalue weighted by Gasteiger charge is 2.26. The molecule has 0 radical (unpaired) electrons. The van der Waals surface area contributed by atoms with Crippen LogP contribution in [0.3, 0.4) is 0 Å². The molecular formula is C23H30N2O2. The molecule has 2 rings (SSSR count). The van der Waals surface area contributed by atoms with E-state index in [-0.39, 0.29) is 17.9 Å². The topological polar surface area (TPSA) is 49.4 Å². The Hall–Kier alpha value is -2.62. The summed E-state index contributed by atoms with van der Waals surface area (Å²) >= 11 is 0. The standard InChI is InChI=1S/C23H30N2O2/c1-17(2)24-23(27)19(4)25(15-14-20-8-6-5-7-9-20)22(26)16-21-12-10-18(3)11-13-21/h5-13,17,19H,14-16H2,1-4H3,(H,24,27)/t19-/m1/s1. The Morgan fingerprint density at radius 2 is 1.56 bits per heavy atom. The monoisotopic (exact) mass is 366 g/mol. The number of hydrogen-bond acceptors (Lipinski definition) is 2. The van der Waals surface area contributed by atoms with Gasteiger partial charge in [0, 0.05) is 12.6 Å². The maximum atomic E-state index is 13.0. The number of nitrogens with zero attached hydrogens (tertiary/aromatic N) is 1. The average Bonchev–Trinajstić information content (AvgIpc) is 2.64. The van der Waals surface area contributed by atoms with Gasteiger partial charge in [-0.1, -0.05) is 60.2 Å². The van der Waals surface area contributed by atoms with Crippen molar-refractivity contribution in [2.75, 3.05) is 6.54 Å². The van der Waals surface area contributed by atoms with Crippen molar-refractivity contribution in [2.24, 2.45) is 0 Å². The second-order valence-electron chi connectivity index (χ2n) is 7.32. The van der Waals surface area contributed by atoms with Crippen molar-refractivity contribution in [3.05, 3.63) is 71.3 Å². The van der Waals surface area contributed by atoms with Crippen LogP contribution in [0.2, 0.25) is 0 Å². The van der Waals surface area contributed by atoms with Gasteiger partial charge < -0.3 is 10.2 Å². The first kappa shape index (κ1) is 20.7. The molecule has 0 fully saturated rings. The van der Waals surface area contributed by atoms with Gasteiger partial charge in [0.1, 0.15) is 6.04 Å². The Morgan fingerprint density at radius 1 is 0.926 bits per heavy atom. The van der Waals surface area contributed by atoms with Crippen LogP contribution in [0.15, 0.2) is 54.6 Å². The van der Waals surface area contributed by atoms with Crippen LogP contribution < -0.4 is 5.32 Å². The van der Waals surface area contributed by atoms with E-state index in [2.05, 4.69) is 5.32 Å². The number of carbonyl (C=O) groups excluding carboxylic acids is 2. The third-order valence-electron chi connectivity index (χ3n) is 4.56. The molecule has 144 valence electrons. The molecule has 0 spiro atoms. The first-order valence-corrected chi connectivity index (χ1v) is 9.56. The summed E-state index contributed by atoms with van der Waals surface area (Å²) < 4.78 is 0. The van der Waals surface area contributed by atoms with E-state index in [1.54, 1.807) is 11.8 Å². The van der Waals surface area contributed by atoms with Crippen molar-refractivity contribution < 1.29 is 9.59 Å². The zero-order valence-corrected chi connectivity index (χ0v) is 16.7. The lowest BCUT2D eigenvalue weighted by molar-refractivity contribution is -0.139. The fraction of sp³-hybridized carbons (Fsp3) is 0.391. The van der Waals surface area contributed by atoms with Crippen molar-refractivity contribution in [2.45, 2.75) is 52.6 Å². The van der Waals surface area contributed by atoms with E-state index in [0.717, 1.165) is 23.1 Å². The molecule has 2 amide bonds. The third-order valence-corrected chi connectivity index (χ3v) is 4.56. The second-order valence-corrected chi connectivity index (χ2v) is 7.32. The SMILES string of the molecule is Cc1ccc(CC(=O)N(CCc2ccccc2)[C@H](C)C(=O)NC(C)C)cc1. The molecule has 4 nitrogen and oxygen atoms in total. The number of aryl methyl sites for hydroxylation is 1. The van der Waals surface area contributed by atoms with Gasteiger partial charge in [0.25, 0.3) is 0 Å². The molecule has 27 heavy (non-hydrogen) atoms. The third kappa shape index (κ3) is 6.55. The Bertz CT molecular complexity index is 739. The van der Waals surface area contributed by atoms with Gasteiger partial charge in [-0.2, -0.15) is 0 Å². The highest BCUT2D eigenvalue weighted by Crippen LogP contribution is 2.11. The predicted octanol–water partition coefficient (Wildman–Crippen LogP) is 3.52. The number of hydrogen-bond donors (Lipinski definition) is 1. The molecule has 1 atom stereocenters. The lowest BCUT2D eigenvalue weighted by Gasteiger charge is -2.29. The fourth-order valence-corrected chi connectivity index (χ4v) is 2.96. The Kier molecular flexibility index (Phi) is 7.59. The molecule has 0 aromatic heterocycles. The van der Waals surface area contributed by atoms with Gasteiger partial charge >= 0.3 is 0 Å². The maximum Gasteiger partial charge on any atom is 0.242 e. The van der Waals surface area contributed by atoms with Gasteiger partial charge in [0.15, 0.2) is 0 Å². The fourth-order valence-electron chi connectivity index (χ4n) is 2.96. The summed E-state index contributed by atoms with van der Waals surface area (Å²) in [6.07, 6.45) is 1.02. The molecule has 4 heteroatoms. The van der Waals surface area contributed by atoms with E-state index < -0.39 is 6.04 Å². The lowest BCUT2D eigenvalue weighted by atomic mass is 10.1.